The first-order chi connectivity index (χ1) is 28.2. The Hall–Kier alpha value is -7.83. The Morgan fingerprint density at radius 1 is 0.333 bits per heavy atom. The fraction of sp³-hybridized carbons (Fsp3) is 0. The molecule has 0 N–H and O–H groups in total. The van der Waals surface area contributed by atoms with Crippen LogP contribution in [-0.2, 0) is 0 Å². The maximum absolute atomic E-state index is 6.51. The van der Waals surface area contributed by atoms with Crippen molar-refractivity contribution in [3.63, 3.8) is 0 Å². The van der Waals surface area contributed by atoms with Crippen molar-refractivity contribution >= 4 is 65.7 Å². The highest BCUT2D eigenvalue weighted by molar-refractivity contribution is 6.15. The lowest BCUT2D eigenvalue weighted by molar-refractivity contribution is 0.668. The number of nitrogens with zero attached hydrogens (tertiary/aromatic N) is 4. The average molecular weight is 731 g/mol. The molecule has 0 unspecified atom stereocenters. The van der Waals surface area contributed by atoms with Crippen LogP contribution >= 0.6 is 0 Å². The zero-order valence-corrected chi connectivity index (χ0v) is 30.4. The molecule has 0 amide bonds. The molecular formula is C51H30N4O2. The van der Waals surface area contributed by atoms with Crippen molar-refractivity contribution in [2.45, 2.75) is 0 Å². The molecule has 0 aliphatic heterocycles. The summed E-state index contributed by atoms with van der Waals surface area (Å²) in [5.74, 6) is 1.79. The summed E-state index contributed by atoms with van der Waals surface area (Å²) in [5, 5.41) is 6.53. The van der Waals surface area contributed by atoms with Crippen molar-refractivity contribution in [3.8, 4) is 51.0 Å². The summed E-state index contributed by atoms with van der Waals surface area (Å²) in [7, 11) is 0. The number of benzene rings is 8. The van der Waals surface area contributed by atoms with E-state index in [0.29, 0.717) is 17.5 Å². The van der Waals surface area contributed by atoms with Gasteiger partial charge in [0.1, 0.15) is 22.3 Å². The highest BCUT2D eigenvalue weighted by Gasteiger charge is 2.20. The van der Waals surface area contributed by atoms with Crippen LogP contribution in [0.25, 0.3) is 117 Å². The van der Waals surface area contributed by atoms with Gasteiger partial charge in [0.2, 0.25) is 0 Å². The van der Waals surface area contributed by atoms with E-state index in [1.165, 1.54) is 0 Å². The van der Waals surface area contributed by atoms with Crippen LogP contribution < -0.4 is 0 Å². The summed E-state index contributed by atoms with van der Waals surface area (Å²) in [6.07, 6.45) is 0. The molecule has 6 nitrogen and oxygen atoms in total. The van der Waals surface area contributed by atoms with E-state index in [1.807, 2.05) is 54.6 Å². The molecular weight excluding hydrogens is 701 g/mol. The Morgan fingerprint density at radius 3 is 1.67 bits per heavy atom. The van der Waals surface area contributed by atoms with Gasteiger partial charge in [-0.25, -0.2) is 15.0 Å². The van der Waals surface area contributed by atoms with Gasteiger partial charge in [0.25, 0.3) is 0 Å². The summed E-state index contributed by atoms with van der Waals surface area (Å²) in [6, 6.07) is 62.7. The van der Waals surface area contributed by atoms with E-state index in [0.717, 1.165) is 99.2 Å². The average Bonchev–Trinajstić information content (AvgIpc) is 3.95. The van der Waals surface area contributed by atoms with Crippen molar-refractivity contribution in [2.75, 3.05) is 0 Å². The highest BCUT2D eigenvalue weighted by Crippen LogP contribution is 2.40. The lowest BCUT2D eigenvalue weighted by atomic mass is 10.0. The van der Waals surface area contributed by atoms with Crippen LogP contribution in [0.1, 0.15) is 0 Å². The number of fused-ring (bicyclic) bond motifs is 9. The number of hydrogen-bond donors (Lipinski definition) is 0. The molecule has 8 aromatic carbocycles. The van der Waals surface area contributed by atoms with Gasteiger partial charge in [-0.1, -0.05) is 115 Å². The largest absolute Gasteiger partial charge is 0.456 e. The van der Waals surface area contributed by atoms with Crippen LogP contribution in [0.15, 0.2) is 191 Å². The Morgan fingerprint density at radius 2 is 0.895 bits per heavy atom. The summed E-state index contributed by atoms with van der Waals surface area (Å²) in [5.41, 5.74) is 11.6. The molecule has 0 aliphatic carbocycles. The SMILES string of the molecule is c1ccc(-c2nc(-c3ccc4c(c3)oc3ccc(-c5ccc6oc7ccccc7c6c5)cc34)nc(-c3cccc4c3c3ccccc3n4-c3ccccc3)n2)cc1. The maximum atomic E-state index is 6.51. The summed E-state index contributed by atoms with van der Waals surface area (Å²) in [4.78, 5) is 15.4. The van der Waals surface area contributed by atoms with Crippen molar-refractivity contribution in [3.05, 3.63) is 182 Å². The molecule has 0 saturated heterocycles. The number of furan rings is 2. The monoisotopic (exact) mass is 730 g/mol. The van der Waals surface area contributed by atoms with E-state index >= 15 is 0 Å². The standard InChI is InChI=1S/C51H30N4O2/c1-3-12-31(13-4-1)49-52-50(54-51(53-49)39-18-11-20-43-48(39)38-17-7-9-19-42(38)55(43)35-14-5-2-6-15-35)34-22-25-37-41-29-33(24-27-46(41)57-47(37)30-34)32-23-26-45-40(28-32)36-16-8-10-21-44(36)56-45/h1-30H. The van der Waals surface area contributed by atoms with Gasteiger partial charge in [-0.15, -0.1) is 0 Å². The number of para-hydroxylation sites is 3. The van der Waals surface area contributed by atoms with Gasteiger partial charge < -0.3 is 13.4 Å². The third-order valence-corrected chi connectivity index (χ3v) is 11.1. The van der Waals surface area contributed by atoms with Crippen LogP contribution in [0.4, 0.5) is 0 Å². The van der Waals surface area contributed by atoms with Crippen LogP contribution in [0.3, 0.4) is 0 Å². The normalized spacial score (nSPS) is 11.9. The molecule has 0 saturated carbocycles. The van der Waals surface area contributed by atoms with Gasteiger partial charge in [-0.3, -0.25) is 0 Å². The molecule has 0 atom stereocenters. The molecule has 0 fully saturated rings. The second kappa shape index (κ2) is 12.3. The van der Waals surface area contributed by atoms with Crippen LogP contribution in [0.5, 0.6) is 0 Å². The van der Waals surface area contributed by atoms with Gasteiger partial charge in [-0.05, 0) is 77.9 Å². The van der Waals surface area contributed by atoms with E-state index in [2.05, 4.69) is 132 Å². The van der Waals surface area contributed by atoms with Crippen molar-refractivity contribution in [2.24, 2.45) is 0 Å². The van der Waals surface area contributed by atoms with Gasteiger partial charge in [0.15, 0.2) is 17.5 Å². The topological polar surface area (TPSA) is 69.9 Å². The second-order valence-electron chi connectivity index (χ2n) is 14.4. The van der Waals surface area contributed by atoms with Crippen molar-refractivity contribution < 1.29 is 8.83 Å². The smallest absolute Gasteiger partial charge is 0.164 e. The van der Waals surface area contributed by atoms with Crippen molar-refractivity contribution in [1.29, 1.82) is 0 Å². The molecule has 12 aromatic rings. The Bertz CT molecular complexity index is 3530. The first-order valence-electron chi connectivity index (χ1n) is 19.0. The zero-order chi connectivity index (χ0) is 37.5. The quantitative estimate of drug-likeness (QED) is 0.176. The molecule has 0 radical (unpaired) electrons. The van der Waals surface area contributed by atoms with Gasteiger partial charge in [0.05, 0.1) is 11.0 Å². The van der Waals surface area contributed by atoms with E-state index in [9.17, 15) is 0 Å². The highest BCUT2D eigenvalue weighted by atomic mass is 16.3. The van der Waals surface area contributed by atoms with E-state index < -0.39 is 0 Å². The van der Waals surface area contributed by atoms with Gasteiger partial charge in [0, 0.05) is 54.7 Å². The fourth-order valence-corrected chi connectivity index (χ4v) is 8.40. The molecule has 57 heavy (non-hydrogen) atoms. The lowest BCUT2D eigenvalue weighted by Gasteiger charge is -2.10. The number of hydrogen-bond acceptors (Lipinski definition) is 5. The maximum Gasteiger partial charge on any atom is 0.164 e. The van der Waals surface area contributed by atoms with E-state index in [-0.39, 0.29) is 0 Å². The predicted octanol–water partition coefficient (Wildman–Crippen LogP) is 13.4. The molecule has 6 heteroatoms. The van der Waals surface area contributed by atoms with E-state index in [4.69, 9.17) is 23.8 Å². The third kappa shape index (κ3) is 5.01. The second-order valence-corrected chi connectivity index (χ2v) is 14.4. The summed E-state index contributed by atoms with van der Waals surface area (Å²) >= 11 is 0. The Kier molecular flexibility index (Phi) is 6.83. The number of aromatic nitrogens is 4. The molecule has 12 rings (SSSR count). The van der Waals surface area contributed by atoms with Crippen molar-refractivity contribution in [1.82, 2.24) is 19.5 Å². The van der Waals surface area contributed by atoms with Gasteiger partial charge >= 0.3 is 0 Å². The van der Waals surface area contributed by atoms with Crippen LogP contribution in [0, 0.1) is 0 Å². The molecule has 0 spiro atoms. The molecule has 4 aromatic heterocycles. The first kappa shape index (κ1) is 31.5. The van der Waals surface area contributed by atoms with Crippen LogP contribution in [0.2, 0.25) is 0 Å². The molecule has 0 aliphatic rings. The van der Waals surface area contributed by atoms with E-state index in [1.54, 1.807) is 0 Å². The summed E-state index contributed by atoms with van der Waals surface area (Å²) < 4.78 is 14.9. The minimum absolute atomic E-state index is 0.575. The van der Waals surface area contributed by atoms with Gasteiger partial charge in [-0.2, -0.15) is 0 Å². The molecule has 0 bridgehead atoms. The zero-order valence-electron chi connectivity index (χ0n) is 30.4. The fourth-order valence-electron chi connectivity index (χ4n) is 8.40. The minimum atomic E-state index is 0.575. The number of rotatable bonds is 5. The predicted molar refractivity (Wildman–Crippen MR) is 230 cm³/mol. The first-order valence-corrected chi connectivity index (χ1v) is 19.0. The Balaban J connectivity index is 1.01. The van der Waals surface area contributed by atoms with Crippen LogP contribution in [-0.4, -0.2) is 19.5 Å². The molecule has 266 valence electrons. The summed E-state index contributed by atoms with van der Waals surface area (Å²) in [6.45, 7) is 0. The lowest BCUT2D eigenvalue weighted by Crippen LogP contribution is -2.00. The molecule has 4 heterocycles. The Labute approximate surface area is 325 Å². The minimum Gasteiger partial charge on any atom is -0.456 e. The third-order valence-electron chi connectivity index (χ3n) is 11.1.